The van der Waals surface area contributed by atoms with E-state index in [2.05, 4.69) is 15.4 Å². The largest absolute Gasteiger partial charge is 0.355 e. The van der Waals surface area contributed by atoms with Crippen molar-refractivity contribution in [1.82, 2.24) is 10.0 Å². The lowest BCUT2D eigenvalue weighted by molar-refractivity contribution is 0.0962. The van der Waals surface area contributed by atoms with Gasteiger partial charge in [-0.1, -0.05) is 6.07 Å². The third kappa shape index (κ3) is 4.76. The van der Waals surface area contributed by atoms with Crippen molar-refractivity contribution in [3.63, 3.8) is 0 Å². The van der Waals surface area contributed by atoms with Crippen LogP contribution in [0.3, 0.4) is 0 Å². The zero-order valence-corrected chi connectivity index (χ0v) is 16.6. The van der Waals surface area contributed by atoms with Gasteiger partial charge in [0, 0.05) is 30.4 Å². The maximum atomic E-state index is 12.6. The molecule has 0 spiro atoms. The Bertz CT molecular complexity index is 1010. The smallest absolute Gasteiger partial charge is 0.255 e. The average Bonchev–Trinajstić information content (AvgIpc) is 3.52. The summed E-state index contributed by atoms with van der Waals surface area (Å²) in [5.74, 6) is -0.213. The standard InChI is InChI=1S/C20H23N3O4S/c1-13-10-16(19(24)21-2)8-9-18(13)23-20(25)15-4-3-5-17(11-15)28(26,27)22-12-14-6-7-14/h3-5,8-11,14,22H,6-7,12H2,1-2H3,(H,21,24)(H,23,25). The van der Waals surface area contributed by atoms with Crippen molar-refractivity contribution in [2.75, 3.05) is 18.9 Å². The third-order valence-corrected chi connectivity index (χ3v) is 6.05. The molecule has 0 bridgehead atoms. The van der Waals surface area contributed by atoms with Gasteiger partial charge in [0.25, 0.3) is 11.8 Å². The predicted molar refractivity (Wildman–Crippen MR) is 107 cm³/mol. The minimum atomic E-state index is -3.64. The predicted octanol–water partition coefficient (Wildman–Crippen LogP) is 2.30. The van der Waals surface area contributed by atoms with E-state index in [0.717, 1.165) is 18.4 Å². The summed E-state index contributed by atoms with van der Waals surface area (Å²) < 4.78 is 27.4. The van der Waals surface area contributed by atoms with Crippen LogP contribution in [0.15, 0.2) is 47.4 Å². The second-order valence-corrected chi connectivity index (χ2v) is 8.65. The number of carbonyl (C=O) groups excluding carboxylic acids is 2. The molecule has 0 radical (unpaired) electrons. The van der Waals surface area contributed by atoms with E-state index < -0.39 is 15.9 Å². The van der Waals surface area contributed by atoms with Crippen LogP contribution in [-0.2, 0) is 10.0 Å². The van der Waals surface area contributed by atoms with Gasteiger partial charge >= 0.3 is 0 Å². The zero-order valence-electron chi connectivity index (χ0n) is 15.8. The van der Waals surface area contributed by atoms with Gasteiger partial charge in [0.15, 0.2) is 0 Å². The highest BCUT2D eigenvalue weighted by Gasteiger charge is 2.24. The number of benzene rings is 2. The van der Waals surface area contributed by atoms with Gasteiger partial charge in [0.05, 0.1) is 4.90 Å². The van der Waals surface area contributed by atoms with E-state index in [4.69, 9.17) is 0 Å². The molecule has 2 amide bonds. The lowest BCUT2D eigenvalue weighted by Gasteiger charge is -2.11. The molecule has 0 aromatic heterocycles. The summed E-state index contributed by atoms with van der Waals surface area (Å²) in [6.07, 6.45) is 2.09. The van der Waals surface area contributed by atoms with Crippen molar-refractivity contribution in [2.45, 2.75) is 24.7 Å². The number of anilines is 1. The molecule has 1 aliphatic rings. The lowest BCUT2D eigenvalue weighted by atomic mass is 10.1. The number of sulfonamides is 1. The van der Waals surface area contributed by atoms with Crippen LogP contribution < -0.4 is 15.4 Å². The Balaban J connectivity index is 1.75. The fourth-order valence-electron chi connectivity index (χ4n) is 2.72. The molecule has 0 heterocycles. The summed E-state index contributed by atoms with van der Waals surface area (Å²) in [5, 5.41) is 5.31. The minimum absolute atomic E-state index is 0.0625. The summed E-state index contributed by atoms with van der Waals surface area (Å²) in [6, 6.07) is 10.9. The van der Waals surface area contributed by atoms with Crippen LogP contribution in [0.1, 0.15) is 39.1 Å². The van der Waals surface area contributed by atoms with Crippen molar-refractivity contribution < 1.29 is 18.0 Å². The van der Waals surface area contributed by atoms with Crippen LogP contribution in [0.25, 0.3) is 0 Å². The SMILES string of the molecule is CNC(=O)c1ccc(NC(=O)c2cccc(S(=O)(=O)NCC3CC3)c2)c(C)c1. The first-order valence-electron chi connectivity index (χ1n) is 9.04. The quantitative estimate of drug-likeness (QED) is 0.662. The Morgan fingerprint density at radius 3 is 2.39 bits per heavy atom. The van der Waals surface area contributed by atoms with E-state index >= 15 is 0 Å². The number of hydrogen-bond acceptors (Lipinski definition) is 4. The zero-order chi connectivity index (χ0) is 20.3. The van der Waals surface area contributed by atoms with E-state index in [1.54, 1.807) is 44.3 Å². The van der Waals surface area contributed by atoms with E-state index in [9.17, 15) is 18.0 Å². The highest BCUT2D eigenvalue weighted by molar-refractivity contribution is 7.89. The molecule has 1 aliphatic carbocycles. The number of carbonyl (C=O) groups is 2. The van der Waals surface area contributed by atoms with E-state index in [1.807, 2.05) is 0 Å². The fraction of sp³-hybridized carbons (Fsp3) is 0.300. The molecule has 0 saturated heterocycles. The van der Waals surface area contributed by atoms with Gasteiger partial charge in [-0.05, 0) is 67.6 Å². The molecule has 148 valence electrons. The molecule has 3 rings (SSSR count). The summed E-state index contributed by atoms with van der Waals surface area (Å²) in [7, 11) is -2.10. The molecule has 0 unspecified atom stereocenters. The third-order valence-electron chi connectivity index (χ3n) is 4.63. The van der Waals surface area contributed by atoms with Crippen molar-refractivity contribution in [2.24, 2.45) is 5.92 Å². The Kier molecular flexibility index (Phi) is 5.81. The van der Waals surface area contributed by atoms with Crippen LogP contribution in [0.2, 0.25) is 0 Å². The summed E-state index contributed by atoms with van der Waals surface area (Å²) >= 11 is 0. The molecular weight excluding hydrogens is 378 g/mol. The Labute approximate surface area is 164 Å². The first-order chi connectivity index (χ1) is 13.3. The molecule has 2 aromatic carbocycles. The van der Waals surface area contributed by atoms with E-state index in [0.29, 0.717) is 23.7 Å². The van der Waals surface area contributed by atoms with Gasteiger partial charge in [-0.3, -0.25) is 9.59 Å². The van der Waals surface area contributed by atoms with Crippen molar-refractivity contribution in [3.05, 3.63) is 59.2 Å². The van der Waals surface area contributed by atoms with Gasteiger partial charge in [0.2, 0.25) is 10.0 Å². The highest BCUT2D eigenvalue weighted by atomic mass is 32.2. The van der Waals surface area contributed by atoms with Gasteiger partial charge in [-0.2, -0.15) is 0 Å². The maximum absolute atomic E-state index is 12.6. The van der Waals surface area contributed by atoms with Crippen molar-refractivity contribution >= 4 is 27.5 Å². The molecule has 7 nitrogen and oxygen atoms in total. The van der Waals surface area contributed by atoms with Crippen LogP contribution in [-0.4, -0.2) is 33.8 Å². The monoisotopic (exact) mass is 401 g/mol. The lowest BCUT2D eigenvalue weighted by Crippen LogP contribution is -2.26. The Morgan fingerprint density at radius 1 is 1.04 bits per heavy atom. The number of aryl methyl sites for hydroxylation is 1. The van der Waals surface area contributed by atoms with Crippen LogP contribution in [0, 0.1) is 12.8 Å². The Hall–Kier alpha value is -2.71. The van der Waals surface area contributed by atoms with Crippen LogP contribution >= 0.6 is 0 Å². The number of amides is 2. The highest BCUT2D eigenvalue weighted by Crippen LogP contribution is 2.28. The number of rotatable bonds is 7. The summed E-state index contributed by atoms with van der Waals surface area (Å²) in [4.78, 5) is 24.3. The molecule has 3 N–H and O–H groups in total. The second kappa shape index (κ2) is 8.12. The summed E-state index contributed by atoms with van der Waals surface area (Å²) in [6.45, 7) is 2.21. The summed E-state index contributed by atoms with van der Waals surface area (Å²) in [5.41, 5.74) is 2.01. The maximum Gasteiger partial charge on any atom is 0.255 e. The topological polar surface area (TPSA) is 104 Å². The first-order valence-corrected chi connectivity index (χ1v) is 10.5. The van der Waals surface area contributed by atoms with Gasteiger partial charge in [0.1, 0.15) is 0 Å². The molecule has 0 atom stereocenters. The number of nitrogens with one attached hydrogen (secondary N) is 3. The molecule has 1 fully saturated rings. The van der Waals surface area contributed by atoms with Gasteiger partial charge in [-0.25, -0.2) is 13.1 Å². The normalized spacial score (nSPS) is 13.8. The molecule has 2 aromatic rings. The first kappa shape index (κ1) is 20.0. The van der Waals surface area contributed by atoms with Gasteiger partial charge in [-0.15, -0.1) is 0 Å². The van der Waals surface area contributed by atoms with E-state index in [1.165, 1.54) is 12.1 Å². The molecule has 28 heavy (non-hydrogen) atoms. The number of hydrogen-bond donors (Lipinski definition) is 3. The molecule has 1 saturated carbocycles. The average molecular weight is 401 g/mol. The second-order valence-electron chi connectivity index (χ2n) is 6.89. The molecule has 8 heteroatoms. The van der Waals surface area contributed by atoms with Crippen molar-refractivity contribution in [3.8, 4) is 0 Å². The van der Waals surface area contributed by atoms with Crippen molar-refractivity contribution in [1.29, 1.82) is 0 Å². The minimum Gasteiger partial charge on any atom is -0.355 e. The van der Waals surface area contributed by atoms with E-state index in [-0.39, 0.29) is 16.4 Å². The molecular formula is C20H23N3O4S. The van der Waals surface area contributed by atoms with Crippen LogP contribution in [0.5, 0.6) is 0 Å². The molecule has 0 aliphatic heterocycles. The Morgan fingerprint density at radius 2 is 1.75 bits per heavy atom. The fourth-order valence-corrected chi connectivity index (χ4v) is 3.88. The van der Waals surface area contributed by atoms with Crippen LogP contribution in [0.4, 0.5) is 5.69 Å². The van der Waals surface area contributed by atoms with Gasteiger partial charge < -0.3 is 10.6 Å².